The zero-order chi connectivity index (χ0) is 15.8. The fourth-order valence-electron chi connectivity index (χ4n) is 2.92. The van der Waals surface area contributed by atoms with Crippen molar-refractivity contribution in [1.29, 1.82) is 0 Å². The molecule has 6 heteroatoms. The molecular formula is C17H16N4O2. The number of H-pyrrole nitrogens is 1. The highest BCUT2D eigenvalue weighted by molar-refractivity contribution is 6.08. The minimum absolute atomic E-state index is 0.149. The number of methoxy groups -OCH3 is 1. The summed E-state index contributed by atoms with van der Waals surface area (Å²) < 4.78 is 7.19. The first-order valence-electron chi connectivity index (χ1n) is 7.43. The number of imidazole rings is 1. The molecule has 2 aromatic heterocycles. The van der Waals surface area contributed by atoms with E-state index in [-0.39, 0.29) is 5.91 Å². The lowest BCUT2D eigenvalue weighted by Crippen LogP contribution is -2.15. The van der Waals surface area contributed by atoms with Crippen LogP contribution in [0, 0.1) is 0 Å². The van der Waals surface area contributed by atoms with Gasteiger partial charge in [0.25, 0.3) is 5.91 Å². The van der Waals surface area contributed by atoms with Gasteiger partial charge < -0.3 is 19.6 Å². The highest BCUT2D eigenvalue weighted by Crippen LogP contribution is 2.31. The summed E-state index contributed by atoms with van der Waals surface area (Å²) >= 11 is 0. The summed E-state index contributed by atoms with van der Waals surface area (Å²) in [7, 11) is 1.61. The number of hydrogen-bond donors (Lipinski definition) is 2. The van der Waals surface area contributed by atoms with Gasteiger partial charge in [0.1, 0.15) is 11.6 Å². The second kappa shape index (κ2) is 5.31. The van der Waals surface area contributed by atoms with Crippen LogP contribution in [0.25, 0.3) is 11.4 Å². The molecule has 116 valence electrons. The van der Waals surface area contributed by atoms with Crippen molar-refractivity contribution in [3.63, 3.8) is 0 Å². The van der Waals surface area contributed by atoms with Gasteiger partial charge in [0, 0.05) is 42.9 Å². The molecule has 1 amide bonds. The quantitative estimate of drug-likeness (QED) is 0.781. The predicted molar refractivity (Wildman–Crippen MR) is 86.7 cm³/mol. The Morgan fingerprint density at radius 1 is 1.35 bits per heavy atom. The molecule has 1 aromatic carbocycles. The number of benzene rings is 1. The van der Waals surface area contributed by atoms with Crippen LogP contribution in [0.15, 0.2) is 42.9 Å². The van der Waals surface area contributed by atoms with Crippen molar-refractivity contribution < 1.29 is 9.53 Å². The Labute approximate surface area is 133 Å². The van der Waals surface area contributed by atoms with Gasteiger partial charge >= 0.3 is 0 Å². The minimum Gasteiger partial charge on any atom is -0.497 e. The largest absolute Gasteiger partial charge is 0.497 e. The Morgan fingerprint density at radius 2 is 2.17 bits per heavy atom. The van der Waals surface area contributed by atoms with Gasteiger partial charge in [-0.25, -0.2) is 4.98 Å². The third-order valence-corrected chi connectivity index (χ3v) is 4.10. The Kier molecular flexibility index (Phi) is 3.15. The first kappa shape index (κ1) is 13.6. The Bertz CT molecular complexity index is 861. The van der Waals surface area contributed by atoms with Gasteiger partial charge in [0.15, 0.2) is 0 Å². The molecule has 0 spiro atoms. The Hall–Kier alpha value is -3.02. The van der Waals surface area contributed by atoms with Crippen LogP contribution in [0.4, 0.5) is 5.69 Å². The van der Waals surface area contributed by atoms with Crippen LogP contribution < -0.4 is 10.1 Å². The molecule has 1 aliphatic heterocycles. The zero-order valence-corrected chi connectivity index (χ0v) is 12.7. The van der Waals surface area contributed by atoms with Crippen LogP contribution >= 0.6 is 0 Å². The average Bonchev–Trinajstić information content (AvgIpc) is 3.21. The smallest absolute Gasteiger partial charge is 0.257 e. The van der Waals surface area contributed by atoms with Crippen molar-refractivity contribution in [3.8, 4) is 17.1 Å². The first-order chi connectivity index (χ1) is 11.3. The van der Waals surface area contributed by atoms with E-state index in [2.05, 4.69) is 19.9 Å². The van der Waals surface area contributed by atoms with E-state index in [9.17, 15) is 4.79 Å². The van der Waals surface area contributed by atoms with E-state index in [0.717, 1.165) is 41.5 Å². The summed E-state index contributed by atoms with van der Waals surface area (Å²) in [5.41, 5.74) is 3.30. The highest BCUT2D eigenvalue weighted by atomic mass is 16.5. The summed E-state index contributed by atoms with van der Waals surface area (Å²) in [5.74, 6) is 1.44. The number of hydrogen-bond acceptors (Lipinski definition) is 3. The van der Waals surface area contributed by atoms with Gasteiger partial charge in [-0.15, -0.1) is 0 Å². The molecule has 3 heterocycles. The van der Waals surface area contributed by atoms with Crippen molar-refractivity contribution in [2.24, 2.45) is 0 Å². The van der Waals surface area contributed by atoms with Crippen LogP contribution in [-0.4, -0.2) is 27.6 Å². The number of anilines is 1. The molecule has 1 aliphatic rings. The Balaban J connectivity index is 1.64. The molecular weight excluding hydrogens is 292 g/mol. The fraction of sp³-hybridized carbons (Fsp3) is 0.176. The van der Waals surface area contributed by atoms with E-state index in [1.165, 1.54) is 0 Å². The third kappa shape index (κ3) is 2.28. The summed E-state index contributed by atoms with van der Waals surface area (Å²) in [6.45, 7) is 0.877. The number of aromatic amines is 1. The normalized spacial score (nSPS) is 12.4. The second-order valence-corrected chi connectivity index (χ2v) is 5.43. The van der Waals surface area contributed by atoms with Gasteiger partial charge in [-0.1, -0.05) is 0 Å². The Morgan fingerprint density at radius 3 is 2.96 bits per heavy atom. The van der Waals surface area contributed by atoms with Crippen LogP contribution in [0.5, 0.6) is 5.75 Å². The van der Waals surface area contributed by atoms with Crippen molar-refractivity contribution in [2.75, 3.05) is 12.4 Å². The number of fused-ring (bicyclic) bond motifs is 3. The molecule has 0 saturated heterocycles. The number of ether oxygens (including phenoxy) is 1. The highest BCUT2D eigenvalue weighted by Gasteiger charge is 2.25. The van der Waals surface area contributed by atoms with E-state index in [1.807, 2.05) is 30.5 Å². The topological polar surface area (TPSA) is 71.9 Å². The number of nitrogens with zero attached hydrogens (tertiary/aromatic N) is 2. The molecule has 0 unspecified atom stereocenters. The third-order valence-electron chi connectivity index (χ3n) is 4.10. The number of carbonyl (C=O) groups excluding carboxylic acids is 1. The monoisotopic (exact) mass is 308 g/mol. The summed E-state index contributed by atoms with van der Waals surface area (Å²) in [4.78, 5) is 20.2. The van der Waals surface area contributed by atoms with Gasteiger partial charge in [0.2, 0.25) is 0 Å². The molecule has 0 atom stereocenters. The van der Waals surface area contributed by atoms with E-state index in [0.29, 0.717) is 5.56 Å². The van der Waals surface area contributed by atoms with Crippen molar-refractivity contribution in [3.05, 3.63) is 54.1 Å². The summed E-state index contributed by atoms with van der Waals surface area (Å²) in [5, 5.41) is 2.92. The number of aromatic nitrogens is 3. The molecule has 0 saturated carbocycles. The molecule has 2 N–H and O–H groups in total. The van der Waals surface area contributed by atoms with Gasteiger partial charge in [-0.3, -0.25) is 4.79 Å². The average molecular weight is 308 g/mol. The van der Waals surface area contributed by atoms with Crippen LogP contribution in [0.2, 0.25) is 0 Å². The van der Waals surface area contributed by atoms with Crippen molar-refractivity contribution in [1.82, 2.24) is 14.5 Å². The zero-order valence-electron chi connectivity index (χ0n) is 12.7. The van der Waals surface area contributed by atoms with Crippen LogP contribution in [-0.2, 0) is 13.0 Å². The predicted octanol–water partition coefficient (Wildman–Crippen LogP) is 2.70. The van der Waals surface area contributed by atoms with Gasteiger partial charge in [-0.05, 0) is 24.3 Å². The van der Waals surface area contributed by atoms with Gasteiger partial charge in [0.05, 0.1) is 18.2 Å². The van der Waals surface area contributed by atoms with E-state index < -0.39 is 0 Å². The van der Waals surface area contributed by atoms with Crippen LogP contribution in [0.1, 0.15) is 16.1 Å². The molecule has 6 nitrogen and oxygen atoms in total. The minimum atomic E-state index is -0.149. The van der Waals surface area contributed by atoms with E-state index >= 15 is 0 Å². The maximum absolute atomic E-state index is 12.6. The summed E-state index contributed by atoms with van der Waals surface area (Å²) in [6, 6.07) is 7.26. The lowest BCUT2D eigenvalue weighted by Gasteiger charge is -2.15. The lowest BCUT2D eigenvalue weighted by atomic mass is 10.0. The first-order valence-corrected chi connectivity index (χ1v) is 7.43. The molecule has 4 rings (SSSR count). The molecule has 0 radical (unpaired) electrons. The maximum Gasteiger partial charge on any atom is 0.257 e. The number of carbonyl (C=O) groups is 1. The molecule has 0 bridgehead atoms. The van der Waals surface area contributed by atoms with Crippen molar-refractivity contribution in [2.45, 2.75) is 13.0 Å². The SMILES string of the molecule is COc1ccc(NC(=O)c2c[nH]c3c2-c2nccn2CC3)cc1. The second-order valence-electron chi connectivity index (χ2n) is 5.43. The maximum atomic E-state index is 12.6. The fourth-order valence-corrected chi connectivity index (χ4v) is 2.92. The van der Waals surface area contributed by atoms with E-state index in [4.69, 9.17) is 4.74 Å². The number of nitrogens with one attached hydrogen (secondary N) is 2. The summed E-state index contributed by atoms with van der Waals surface area (Å²) in [6.07, 6.45) is 6.33. The van der Waals surface area contributed by atoms with Crippen LogP contribution in [0.3, 0.4) is 0 Å². The standard InChI is InChI=1S/C17H16N4O2/c1-23-12-4-2-11(3-5-12)20-17(22)13-10-19-14-6-8-21-9-7-18-16(21)15(13)14/h2-5,7,9-10,19H,6,8H2,1H3,(H,20,22). The molecule has 3 aromatic rings. The molecule has 0 aliphatic carbocycles. The van der Waals surface area contributed by atoms with E-state index in [1.54, 1.807) is 19.5 Å². The van der Waals surface area contributed by atoms with Gasteiger partial charge in [-0.2, -0.15) is 0 Å². The number of rotatable bonds is 3. The number of amides is 1. The molecule has 0 fully saturated rings. The van der Waals surface area contributed by atoms with Crippen molar-refractivity contribution >= 4 is 11.6 Å². The lowest BCUT2D eigenvalue weighted by molar-refractivity contribution is 0.102. The number of aryl methyl sites for hydroxylation is 2. The molecule has 23 heavy (non-hydrogen) atoms.